The molecule has 1 aliphatic heterocycles. The summed E-state index contributed by atoms with van der Waals surface area (Å²) in [7, 11) is -2.18. The first-order valence-electron chi connectivity index (χ1n) is 9.90. The molecule has 1 fully saturated rings. The minimum Gasteiger partial charge on any atom is -0.505 e. The number of rotatable bonds is 5. The van der Waals surface area contributed by atoms with E-state index in [-0.39, 0.29) is 32.6 Å². The molecule has 3 aromatic rings. The van der Waals surface area contributed by atoms with Gasteiger partial charge in [0.25, 0.3) is 5.91 Å². The molecule has 2 N–H and O–H groups in total. The Kier molecular flexibility index (Phi) is 6.43. The van der Waals surface area contributed by atoms with Crippen LogP contribution >= 0.6 is 11.6 Å². The van der Waals surface area contributed by atoms with Gasteiger partial charge in [-0.1, -0.05) is 41.9 Å². The van der Waals surface area contributed by atoms with Crippen LogP contribution in [0.5, 0.6) is 5.75 Å². The highest BCUT2D eigenvalue weighted by Gasteiger charge is 2.24. The lowest BCUT2D eigenvalue weighted by molar-refractivity contribution is 0.0792. The van der Waals surface area contributed by atoms with E-state index in [1.807, 2.05) is 0 Å². The molecule has 0 saturated carbocycles. The molecule has 1 amide bonds. The second-order valence-electron chi connectivity index (χ2n) is 7.35. The zero-order valence-electron chi connectivity index (χ0n) is 16.8. The van der Waals surface area contributed by atoms with Crippen LogP contribution in [0.25, 0.3) is 11.1 Å². The summed E-state index contributed by atoms with van der Waals surface area (Å²) >= 11 is 6.07. The number of benzene rings is 3. The van der Waals surface area contributed by atoms with Gasteiger partial charge in [0.05, 0.1) is 10.7 Å². The zero-order chi connectivity index (χ0) is 22.8. The van der Waals surface area contributed by atoms with E-state index in [0.717, 1.165) is 12.8 Å². The van der Waals surface area contributed by atoms with Crippen molar-refractivity contribution in [2.75, 3.05) is 17.8 Å². The Labute approximate surface area is 191 Å². The lowest BCUT2D eigenvalue weighted by atomic mass is 10.0. The van der Waals surface area contributed by atoms with Crippen LogP contribution in [0.2, 0.25) is 5.02 Å². The van der Waals surface area contributed by atoms with Crippen molar-refractivity contribution in [3.05, 3.63) is 76.8 Å². The maximum atomic E-state index is 14.4. The van der Waals surface area contributed by atoms with Crippen LogP contribution in [0.15, 0.2) is 59.5 Å². The number of amides is 1. The van der Waals surface area contributed by atoms with Crippen LogP contribution in [0, 0.1) is 11.6 Å². The van der Waals surface area contributed by atoms with Gasteiger partial charge in [-0.3, -0.25) is 9.52 Å². The van der Waals surface area contributed by atoms with Crippen molar-refractivity contribution in [1.82, 2.24) is 4.90 Å². The second kappa shape index (κ2) is 9.26. The van der Waals surface area contributed by atoms with E-state index in [1.54, 1.807) is 35.2 Å². The molecule has 1 atom stereocenters. The molecule has 5 nitrogen and oxygen atoms in total. The SMILES string of the molecule is O=C(c1cc(Cl)c(O)c(S(=O)Nc2cc(-c3ccccc3)c(F)cc2F)c1)N1CCCC1. The Hall–Kier alpha value is -2.97. The smallest absolute Gasteiger partial charge is 0.253 e. The predicted molar refractivity (Wildman–Crippen MR) is 120 cm³/mol. The van der Waals surface area contributed by atoms with Gasteiger partial charge in [0.2, 0.25) is 0 Å². The third-order valence-corrected chi connectivity index (χ3v) is 6.62. The first kappa shape index (κ1) is 22.2. The number of phenolic OH excluding ortho intramolecular Hbond substituents is 1. The van der Waals surface area contributed by atoms with E-state index in [0.29, 0.717) is 24.7 Å². The van der Waals surface area contributed by atoms with Crippen molar-refractivity contribution in [3.8, 4) is 16.9 Å². The number of anilines is 1. The lowest BCUT2D eigenvalue weighted by Crippen LogP contribution is -2.27. The molecule has 1 unspecified atom stereocenters. The van der Waals surface area contributed by atoms with Crippen molar-refractivity contribution in [3.63, 3.8) is 0 Å². The molecule has 32 heavy (non-hydrogen) atoms. The maximum absolute atomic E-state index is 14.4. The average Bonchev–Trinajstić information content (AvgIpc) is 3.32. The summed E-state index contributed by atoms with van der Waals surface area (Å²) in [5.74, 6) is -2.50. The van der Waals surface area contributed by atoms with Gasteiger partial charge in [0.15, 0.2) is 16.7 Å². The summed E-state index contributed by atoms with van der Waals surface area (Å²) in [6.45, 7) is 1.22. The Bertz CT molecular complexity index is 1200. The van der Waals surface area contributed by atoms with E-state index in [9.17, 15) is 22.9 Å². The fraction of sp³-hybridized carbons (Fsp3) is 0.174. The molecule has 3 aromatic carbocycles. The standard InChI is InChI=1S/C23H19ClF2N2O3S/c24-17-10-15(23(30)28-8-4-5-9-28)11-21(22(17)29)32(31)27-20-12-16(18(25)13-19(20)26)14-6-2-1-3-7-14/h1-3,6-7,10-13,27,29H,4-5,8-9H2. The largest absolute Gasteiger partial charge is 0.505 e. The van der Waals surface area contributed by atoms with Gasteiger partial charge in [-0.15, -0.1) is 0 Å². The van der Waals surface area contributed by atoms with Crippen molar-refractivity contribution in [2.45, 2.75) is 17.7 Å². The number of nitrogens with one attached hydrogen (secondary N) is 1. The highest BCUT2D eigenvalue weighted by molar-refractivity contribution is 7.86. The average molecular weight is 477 g/mol. The van der Waals surface area contributed by atoms with Crippen molar-refractivity contribution in [1.29, 1.82) is 0 Å². The van der Waals surface area contributed by atoms with Gasteiger partial charge in [-0.2, -0.15) is 0 Å². The van der Waals surface area contributed by atoms with Gasteiger partial charge in [0, 0.05) is 30.3 Å². The fourth-order valence-electron chi connectivity index (χ4n) is 3.56. The van der Waals surface area contributed by atoms with Crippen molar-refractivity contribution < 1.29 is 22.9 Å². The van der Waals surface area contributed by atoms with Crippen LogP contribution in [0.3, 0.4) is 0 Å². The second-order valence-corrected chi connectivity index (χ2v) is 8.94. The highest BCUT2D eigenvalue weighted by atomic mass is 35.5. The summed E-state index contributed by atoms with van der Waals surface area (Å²) in [5, 5.41) is 10.2. The number of halogens is 3. The van der Waals surface area contributed by atoms with Crippen molar-refractivity contribution >= 4 is 34.2 Å². The first-order chi connectivity index (χ1) is 15.3. The molecule has 0 aliphatic carbocycles. The lowest BCUT2D eigenvalue weighted by Gasteiger charge is -2.17. The number of likely N-dealkylation sites (tertiary alicyclic amines) is 1. The molecule has 166 valence electrons. The number of nitrogens with zero attached hydrogens (tertiary/aromatic N) is 1. The monoisotopic (exact) mass is 476 g/mol. The summed E-state index contributed by atoms with van der Waals surface area (Å²) in [5.41, 5.74) is 0.578. The molecule has 0 bridgehead atoms. The normalized spacial score (nSPS) is 14.4. The Morgan fingerprint density at radius 3 is 2.41 bits per heavy atom. The van der Waals surface area contributed by atoms with E-state index < -0.39 is 28.4 Å². The molecule has 0 aromatic heterocycles. The third kappa shape index (κ3) is 4.47. The van der Waals surface area contributed by atoms with Crippen LogP contribution in [0.1, 0.15) is 23.2 Å². The summed E-state index contributed by atoms with van der Waals surface area (Å²) in [4.78, 5) is 14.2. The minimum atomic E-state index is -2.18. The van der Waals surface area contributed by atoms with E-state index in [2.05, 4.69) is 4.72 Å². The molecule has 1 heterocycles. The van der Waals surface area contributed by atoms with Gasteiger partial charge < -0.3 is 10.0 Å². The Morgan fingerprint density at radius 2 is 1.72 bits per heavy atom. The van der Waals surface area contributed by atoms with Gasteiger partial charge in [-0.05, 0) is 36.6 Å². The maximum Gasteiger partial charge on any atom is 0.253 e. The first-order valence-corrected chi connectivity index (χ1v) is 11.4. The summed E-state index contributed by atoms with van der Waals surface area (Å²) < 4.78 is 44.2. The number of phenols is 1. The van der Waals surface area contributed by atoms with E-state index in [1.165, 1.54) is 18.2 Å². The van der Waals surface area contributed by atoms with Crippen LogP contribution < -0.4 is 4.72 Å². The van der Waals surface area contributed by atoms with E-state index in [4.69, 9.17) is 11.6 Å². The number of hydrogen-bond acceptors (Lipinski definition) is 3. The number of carbonyl (C=O) groups is 1. The summed E-state index contributed by atoms with van der Waals surface area (Å²) in [6, 6.07) is 13.0. The van der Waals surface area contributed by atoms with Crippen LogP contribution in [-0.2, 0) is 11.0 Å². The molecular weight excluding hydrogens is 458 g/mol. The van der Waals surface area contributed by atoms with Crippen LogP contribution in [0.4, 0.5) is 14.5 Å². The Morgan fingerprint density at radius 1 is 1.03 bits per heavy atom. The quantitative estimate of drug-likeness (QED) is 0.520. The highest BCUT2D eigenvalue weighted by Crippen LogP contribution is 2.34. The topological polar surface area (TPSA) is 69.6 Å². The van der Waals surface area contributed by atoms with Gasteiger partial charge >= 0.3 is 0 Å². The fourth-order valence-corrected chi connectivity index (χ4v) is 4.82. The predicted octanol–water partition coefficient (Wildman–Crippen LogP) is 5.36. The van der Waals surface area contributed by atoms with Gasteiger partial charge in [0.1, 0.15) is 16.5 Å². The molecule has 4 rings (SSSR count). The number of aromatic hydroxyl groups is 1. The van der Waals surface area contributed by atoms with Crippen molar-refractivity contribution in [2.24, 2.45) is 0 Å². The van der Waals surface area contributed by atoms with E-state index >= 15 is 0 Å². The van der Waals surface area contributed by atoms with Gasteiger partial charge in [-0.25, -0.2) is 13.0 Å². The molecule has 1 aliphatic rings. The summed E-state index contributed by atoms with van der Waals surface area (Å²) in [6.07, 6.45) is 1.79. The minimum absolute atomic E-state index is 0.117. The molecule has 1 saturated heterocycles. The number of hydrogen-bond donors (Lipinski definition) is 2. The third-order valence-electron chi connectivity index (χ3n) is 5.21. The molecular formula is C23H19ClF2N2O3S. The number of carbonyl (C=O) groups excluding carboxylic acids is 1. The Balaban J connectivity index is 1.66. The molecule has 0 spiro atoms. The molecule has 0 radical (unpaired) electrons. The zero-order valence-corrected chi connectivity index (χ0v) is 18.4. The molecule has 9 heteroatoms. The van der Waals surface area contributed by atoms with Crippen LogP contribution in [-0.4, -0.2) is 33.2 Å².